The van der Waals surface area contributed by atoms with Crippen molar-refractivity contribution < 1.29 is 0 Å². The Morgan fingerprint density at radius 1 is 1.31 bits per heavy atom. The summed E-state index contributed by atoms with van der Waals surface area (Å²) in [6.07, 6.45) is 2.71. The fraction of sp³-hybridized carbons (Fsp3) is 0.308. The van der Waals surface area contributed by atoms with Gasteiger partial charge in [-0.15, -0.1) is 0 Å². The van der Waals surface area contributed by atoms with Gasteiger partial charge in [0.25, 0.3) is 0 Å². The SMILES string of the molecule is CCC(Cl)n1cnc(-c2ccccc2)c1C. The van der Waals surface area contributed by atoms with Gasteiger partial charge in [0.15, 0.2) is 0 Å². The molecule has 0 bridgehead atoms. The summed E-state index contributed by atoms with van der Waals surface area (Å²) in [4.78, 5) is 4.43. The Kier molecular flexibility index (Phi) is 3.30. The molecule has 2 aromatic rings. The van der Waals surface area contributed by atoms with Crippen molar-refractivity contribution >= 4 is 11.6 Å². The van der Waals surface area contributed by atoms with E-state index in [1.807, 2.05) is 29.1 Å². The molecule has 0 aliphatic rings. The molecule has 0 saturated carbocycles. The summed E-state index contributed by atoms with van der Waals surface area (Å²) < 4.78 is 2.02. The maximum Gasteiger partial charge on any atom is 0.109 e. The van der Waals surface area contributed by atoms with Crippen molar-refractivity contribution in [3.8, 4) is 11.3 Å². The molecule has 0 amide bonds. The number of imidazole rings is 1. The number of hydrogen-bond acceptors (Lipinski definition) is 1. The van der Waals surface area contributed by atoms with Gasteiger partial charge in [-0.2, -0.15) is 0 Å². The molecule has 2 nitrogen and oxygen atoms in total. The Hall–Kier alpha value is -1.28. The molecular formula is C13H15ClN2. The number of nitrogens with zero attached hydrogens (tertiary/aromatic N) is 2. The minimum Gasteiger partial charge on any atom is -0.317 e. The number of alkyl halides is 1. The standard InChI is InChI=1S/C13H15ClN2/c1-3-12(14)16-9-15-13(10(16)2)11-7-5-4-6-8-11/h4-9,12H,3H2,1-2H3. The molecular weight excluding hydrogens is 220 g/mol. The predicted molar refractivity (Wildman–Crippen MR) is 67.6 cm³/mol. The van der Waals surface area contributed by atoms with Crippen molar-refractivity contribution in [2.24, 2.45) is 0 Å². The summed E-state index contributed by atoms with van der Waals surface area (Å²) in [7, 11) is 0. The van der Waals surface area contributed by atoms with E-state index < -0.39 is 0 Å². The lowest BCUT2D eigenvalue weighted by Gasteiger charge is -2.10. The lowest BCUT2D eigenvalue weighted by atomic mass is 10.1. The van der Waals surface area contributed by atoms with Gasteiger partial charge in [0.05, 0.1) is 12.0 Å². The molecule has 1 aromatic carbocycles. The largest absolute Gasteiger partial charge is 0.317 e. The van der Waals surface area contributed by atoms with E-state index in [0.717, 1.165) is 23.4 Å². The normalized spacial score (nSPS) is 12.7. The first-order chi connectivity index (χ1) is 7.74. The molecule has 1 atom stereocenters. The highest BCUT2D eigenvalue weighted by Crippen LogP contribution is 2.26. The minimum atomic E-state index is -0.00929. The maximum atomic E-state index is 6.22. The van der Waals surface area contributed by atoms with Gasteiger partial charge in [0.2, 0.25) is 0 Å². The molecule has 1 aromatic heterocycles. The van der Waals surface area contributed by atoms with Gasteiger partial charge in [-0.25, -0.2) is 4.98 Å². The van der Waals surface area contributed by atoms with E-state index in [9.17, 15) is 0 Å². The van der Waals surface area contributed by atoms with Gasteiger partial charge < -0.3 is 4.57 Å². The molecule has 0 aliphatic carbocycles. The van der Waals surface area contributed by atoms with E-state index in [4.69, 9.17) is 11.6 Å². The van der Waals surface area contributed by atoms with Crippen LogP contribution < -0.4 is 0 Å². The van der Waals surface area contributed by atoms with E-state index >= 15 is 0 Å². The number of rotatable bonds is 3. The zero-order valence-electron chi connectivity index (χ0n) is 9.52. The smallest absolute Gasteiger partial charge is 0.109 e. The van der Waals surface area contributed by atoms with Gasteiger partial charge in [-0.3, -0.25) is 0 Å². The monoisotopic (exact) mass is 234 g/mol. The summed E-state index contributed by atoms with van der Waals surface area (Å²) in [5.74, 6) is 0. The summed E-state index contributed by atoms with van der Waals surface area (Å²) in [6.45, 7) is 4.12. The predicted octanol–water partition coefficient (Wildman–Crippen LogP) is 4.01. The highest BCUT2D eigenvalue weighted by Gasteiger charge is 2.12. The topological polar surface area (TPSA) is 17.8 Å². The van der Waals surface area contributed by atoms with Crippen LogP contribution in [0.4, 0.5) is 0 Å². The first-order valence-corrected chi connectivity index (χ1v) is 5.90. The van der Waals surface area contributed by atoms with Crippen LogP contribution in [0.1, 0.15) is 24.5 Å². The molecule has 0 aliphatic heterocycles. The van der Waals surface area contributed by atoms with Gasteiger partial charge in [0.1, 0.15) is 5.50 Å². The maximum absolute atomic E-state index is 6.22. The summed E-state index contributed by atoms with van der Waals surface area (Å²) in [5, 5.41) is 0. The van der Waals surface area contributed by atoms with Crippen molar-refractivity contribution in [3.63, 3.8) is 0 Å². The molecule has 2 rings (SSSR count). The van der Waals surface area contributed by atoms with Crippen molar-refractivity contribution in [1.82, 2.24) is 9.55 Å². The van der Waals surface area contributed by atoms with Crippen LogP contribution >= 0.6 is 11.6 Å². The first-order valence-electron chi connectivity index (χ1n) is 5.47. The average Bonchev–Trinajstić information content (AvgIpc) is 2.71. The highest BCUT2D eigenvalue weighted by molar-refractivity contribution is 6.19. The van der Waals surface area contributed by atoms with E-state index in [0.29, 0.717) is 0 Å². The first kappa shape index (κ1) is 11.2. The van der Waals surface area contributed by atoms with Crippen LogP contribution in [0.25, 0.3) is 11.3 Å². The van der Waals surface area contributed by atoms with E-state index in [-0.39, 0.29) is 5.50 Å². The molecule has 0 N–H and O–H groups in total. The van der Waals surface area contributed by atoms with Crippen LogP contribution in [0, 0.1) is 6.92 Å². The van der Waals surface area contributed by atoms with Crippen molar-refractivity contribution in [1.29, 1.82) is 0 Å². The fourth-order valence-corrected chi connectivity index (χ4v) is 1.98. The summed E-state index contributed by atoms with van der Waals surface area (Å²) in [6, 6.07) is 10.2. The zero-order chi connectivity index (χ0) is 11.5. The minimum absolute atomic E-state index is 0.00929. The van der Waals surface area contributed by atoms with Crippen molar-refractivity contribution in [2.45, 2.75) is 25.8 Å². The van der Waals surface area contributed by atoms with Crippen LogP contribution in [0.5, 0.6) is 0 Å². The molecule has 0 fully saturated rings. The van der Waals surface area contributed by atoms with Crippen molar-refractivity contribution in [3.05, 3.63) is 42.4 Å². The second-order valence-electron chi connectivity index (χ2n) is 3.79. The Morgan fingerprint density at radius 2 is 2.00 bits per heavy atom. The second-order valence-corrected chi connectivity index (χ2v) is 4.30. The van der Waals surface area contributed by atoms with Gasteiger partial charge in [-0.05, 0) is 13.3 Å². The lowest BCUT2D eigenvalue weighted by Crippen LogP contribution is -2.01. The summed E-state index contributed by atoms with van der Waals surface area (Å²) in [5.41, 5.74) is 3.26. The van der Waals surface area contributed by atoms with Gasteiger partial charge in [-0.1, -0.05) is 48.9 Å². The third-order valence-electron chi connectivity index (χ3n) is 2.73. The van der Waals surface area contributed by atoms with Gasteiger partial charge in [0, 0.05) is 11.3 Å². The van der Waals surface area contributed by atoms with Gasteiger partial charge >= 0.3 is 0 Å². The summed E-state index contributed by atoms with van der Waals surface area (Å²) >= 11 is 6.22. The number of aromatic nitrogens is 2. The lowest BCUT2D eigenvalue weighted by molar-refractivity contribution is 0.631. The molecule has 1 unspecified atom stereocenters. The molecule has 0 spiro atoms. The molecule has 16 heavy (non-hydrogen) atoms. The highest BCUT2D eigenvalue weighted by atomic mass is 35.5. The number of benzene rings is 1. The quantitative estimate of drug-likeness (QED) is 0.734. The molecule has 0 radical (unpaired) electrons. The van der Waals surface area contributed by atoms with E-state index in [1.54, 1.807) is 0 Å². The Labute approximate surface area is 101 Å². The van der Waals surface area contributed by atoms with Crippen LogP contribution in [0.2, 0.25) is 0 Å². The zero-order valence-corrected chi connectivity index (χ0v) is 10.3. The van der Waals surface area contributed by atoms with Crippen molar-refractivity contribution in [2.75, 3.05) is 0 Å². The van der Waals surface area contributed by atoms with E-state index in [1.165, 1.54) is 0 Å². The van der Waals surface area contributed by atoms with Crippen LogP contribution in [0.15, 0.2) is 36.7 Å². The molecule has 1 heterocycles. The van der Waals surface area contributed by atoms with Crippen LogP contribution in [0.3, 0.4) is 0 Å². The van der Waals surface area contributed by atoms with Crippen LogP contribution in [-0.4, -0.2) is 9.55 Å². The second kappa shape index (κ2) is 4.71. The third-order valence-corrected chi connectivity index (χ3v) is 3.25. The molecule has 0 saturated heterocycles. The van der Waals surface area contributed by atoms with E-state index in [2.05, 4.69) is 31.0 Å². The van der Waals surface area contributed by atoms with Crippen LogP contribution in [-0.2, 0) is 0 Å². The third kappa shape index (κ3) is 1.98. The molecule has 84 valence electrons. The Balaban J connectivity index is 2.41. The number of halogens is 1. The fourth-order valence-electron chi connectivity index (χ4n) is 1.78. The molecule has 3 heteroatoms. The average molecular weight is 235 g/mol. The number of hydrogen-bond donors (Lipinski definition) is 0. The Morgan fingerprint density at radius 3 is 2.62 bits per heavy atom. The Bertz CT molecular complexity index is 462.